The Labute approximate surface area is 88.4 Å². The highest BCUT2D eigenvalue weighted by molar-refractivity contribution is 6.30. The summed E-state index contributed by atoms with van der Waals surface area (Å²) in [5, 5.41) is 8.15. The fourth-order valence-electron chi connectivity index (χ4n) is 0.896. The minimum atomic E-state index is -2.99. The summed E-state index contributed by atoms with van der Waals surface area (Å²) in [5.74, 6) is -1.36. The van der Waals surface area contributed by atoms with Gasteiger partial charge in [-0.05, 0) is 12.1 Å². The van der Waals surface area contributed by atoms with Crippen LogP contribution in [0.15, 0.2) is 12.1 Å². The molecular weight excluding hydrogens is 232 g/mol. The van der Waals surface area contributed by atoms with Crippen molar-refractivity contribution in [1.82, 2.24) is 4.98 Å². The van der Waals surface area contributed by atoms with E-state index in [2.05, 4.69) is 9.72 Å². The maximum Gasteiger partial charge on any atom is 0.387 e. The first-order chi connectivity index (χ1) is 6.99. The zero-order valence-electron chi connectivity index (χ0n) is 7.28. The van der Waals surface area contributed by atoms with Gasteiger partial charge >= 0.3 is 12.6 Å². The second kappa shape index (κ2) is 4.88. The van der Waals surface area contributed by atoms with Crippen molar-refractivity contribution in [3.05, 3.63) is 23.0 Å². The summed E-state index contributed by atoms with van der Waals surface area (Å²) in [6.45, 7) is -2.99. The van der Waals surface area contributed by atoms with E-state index < -0.39 is 12.6 Å². The van der Waals surface area contributed by atoms with Crippen LogP contribution in [-0.4, -0.2) is 22.7 Å². The molecule has 1 heterocycles. The lowest BCUT2D eigenvalue weighted by Gasteiger charge is -2.06. The van der Waals surface area contributed by atoms with Gasteiger partial charge in [0.15, 0.2) is 10.9 Å². The van der Waals surface area contributed by atoms with Gasteiger partial charge in [0.1, 0.15) is 0 Å². The van der Waals surface area contributed by atoms with Crippen LogP contribution in [-0.2, 0) is 11.2 Å². The molecule has 0 atom stereocenters. The Balaban J connectivity index is 2.83. The third-order valence-corrected chi connectivity index (χ3v) is 1.69. The topological polar surface area (TPSA) is 59.4 Å². The zero-order chi connectivity index (χ0) is 11.4. The van der Waals surface area contributed by atoms with E-state index in [1.807, 2.05) is 0 Å². The molecule has 0 aliphatic carbocycles. The number of nitrogens with zero attached hydrogens (tertiary/aromatic N) is 1. The van der Waals surface area contributed by atoms with Crippen molar-refractivity contribution in [3.8, 4) is 5.75 Å². The Morgan fingerprint density at radius 1 is 1.60 bits per heavy atom. The minimum absolute atomic E-state index is 0.175. The lowest BCUT2D eigenvalue weighted by atomic mass is 10.3. The van der Waals surface area contributed by atoms with Gasteiger partial charge in [0.25, 0.3) is 0 Å². The molecule has 0 aromatic carbocycles. The van der Waals surface area contributed by atoms with Gasteiger partial charge in [0.2, 0.25) is 0 Å². The van der Waals surface area contributed by atoms with Crippen LogP contribution in [0.4, 0.5) is 8.78 Å². The Hall–Kier alpha value is -1.43. The van der Waals surface area contributed by atoms with E-state index in [0.29, 0.717) is 0 Å². The van der Waals surface area contributed by atoms with Crippen LogP contribution in [0, 0.1) is 0 Å². The van der Waals surface area contributed by atoms with Gasteiger partial charge in [0.05, 0.1) is 12.1 Å². The van der Waals surface area contributed by atoms with Crippen LogP contribution in [0.3, 0.4) is 0 Å². The number of aromatic nitrogens is 1. The largest absolute Gasteiger partial charge is 0.481 e. The first-order valence-corrected chi connectivity index (χ1v) is 4.19. The van der Waals surface area contributed by atoms with E-state index in [9.17, 15) is 13.6 Å². The monoisotopic (exact) mass is 237 g/mol. The second-order valence-corrected chi connectivity index (χ2v) is 2.90. The number of carboxylic acid groups (broad SMARTS) is 1. The molecule has 0 spiro atoms. The summed E-state index contributed by atoms with van der Waals surface area (Å²) < 4.78 is 27.6. The molecule has 82 valence electrons. The number of ether oxygens (including phenoxy) is 1. The zero-order valence-corrected chi connectivity index (χ0v) is 8.04. The minimum Gasteiger partial charge on any atom is -0.481 e. The molecule has 7 heteroatoms. The number of carbonyl (C=O) groups is 1. The molecule has 0 saturated heterocycles. The molecule has 15 heavy (non-hydrogen) atoms. The SMILES string of the molecule is O=C(O)Cc1ccc(OC(F)F)c(Cl)n1. The molecule has 0 radical (unpaired) electrons. The predicted molar refractivity (Wildman–Crippen MR) is 47.2 cm³/mol. The average molecular weight is 238 g/mol. The molecule has 1 rings (SSSR count). The third kappa shape index (κ3) is 3.67. The van der Waals surface area contributed by atoms with Gasteiger partial charge < -0.3 is 9.84 Å². The number of carboxylic acids is 1. The van der Waals surface area contributed by atoms with Gasteiger partial charge in [-0.2, -0.15) is 8.78 Å². The highest BCUT2D eigenvalue weighted by atomic mass is 35.5. The van der Waals surface area contributed by atoms with Crippen LogP contribution >= 0.6 is 11.6 Å². The number of halogens is 3. The maximum atomic E-state index is 11.8. The number of pyridine rings is 1. The van der Waals surface area contributed by atoms with Crippen molar-refractivity contribution >= 4 is 17.6 Å². The van der Waals surface area contributed by atoms with Crippen molar-refractivity contribution in [3.63, 3.8) is 0 Å². The summed E-state index contributed by atoms with van der Waals surface area (Å²) in [6.07, 6.45) is -0.325. The molecule has 0 saturated carbocycles. The lowest BCUT2D eigenvalue weighted by molar-refractivity contribution is -0.136. The van der Waals surface area contributed by atoms with Crippen LogP contribution in [0.5, 0.6) is 5.75 Å². The van der Waals surface area contributed by atoms with Crippen molar-refractivity contribution in [2.45, 2.75) is 13.0 Å². The molecule has 1 aromatic rings. The van der Waals surface area contributed by atoms with Crippen LogP contribution in [0.1, 0.15) is 5.69 Å². The summed E-state index contributed by atoms with van der Waals surface area (Å²) in [6, 6.07) is 2.41. The summed E-state index contributed by atoms with van der Waals surface area (Å²) in [7, 11) is 0. The molecule has 0 bridgehead atoms. The second-order valence-electron chi connectivity index (χ2n) is 2.54. The Bertz CT molecular complexity index is 373. The van der Waals surface area contributed by atoms with Crippen molar-refractivity contribution in [2.75, 3.05) is 0 Å². The average Bonchev–Trinajstić information content (AvgIpc) is 2.08. The predicted octanol–water partition coefficient (Wildman–Crippen LogP) is 1.96. The van der Waals surface area contributed by atoms with E-state index in [0.717, 1.165) is 6.07 Å². The van der Waals surface area contributed by atoms with Gasteiger partial charge in [0, 0.05) is 0 Å². The molecule has 1 aromatic heterocycles. The highest BCUT2D eigenvalue weighted by Gasteiger charge is 2.11. The van der Waals surface area contributed by atoms with Gasteiger partial charge in [-0.15, -0.1) is 0 Å². The Morgan fingerprint density at radius 2 is 2.27 bits per heavy atom. The number of alkyl halides is 2. The van der Waals surface area contributed by atoms with E-state index >= 15 is 0 Å². The third-order valence-electron chi connectivity index (χ3n) is 1.42. The molecule has 0 fully saturated rings. The van der Waals surface area contributed by atoms with Gasteiger partial charge in [-0.3, -0.25) is 4.79 Å². The molecule has 0 unspecified atom stereocenters. The Kier molecular flexibility index (Phi) is 3.79. The van der Waals surface area contributed by atoms with E-state index in [-0.39, 0.29) is 23.0 Å². The van der Waals surface area contributed by atoms with Crippen LogP contribution in [0.2, 0.25) is 5.15 Å². The lowest BCUT2D eigenvalue weighted by Crippen LogP contribution is -2.06. The molecular formula is C8H6ClF2NO3. The molecule has 0 aliphatic rings. The van der Waals surface area contributed by atoms with Gasteiger partial charge in [-0.25, -0.2) is 4.98 Å². The fraction of sp³-hybridized carbons (Fsp3) is 0.250. The van der Waals surface area contributed by atoms with Crippen LogP contribution < -0.4 is 4.74 Å². The van der Waals surface area contributed by atoms with Crippen molar-refractivity contribution in [2.24, 2.45) is 0 Å². The summed E-state index contributed by atoms with van der Waals surface area (Å²) in [4.78, 5) is 13.9. The number of rotatable bonds is 4. The van der Waals surface area contributed by atoms with E-state index in [1.54, 1.807) is 0 Å². The fourth-order valence-corrected chi connectivity index (χ4v) is 1.11. The first-order valence-electron chi connectivity index (χ1n) is 3.81. The van der Waals surface area contributed by atoms with Gasteiger partial charge in [-0.1, -0.05) is 11.6 Å². The molecule has 4 nitrogen and oxygen atoms in total. The number of hydrogen-bond acceptors (Lipinski definition) is 3. The van der Waals surface area contributed by atoms with Crippen LogP contribution in [0.25, 0.3) is 0 Å². The van der Waals surface area contributed by atoms with Crippen molar-refractivity contribution in [1.29, 1.82) is 0 Å². The molecule has 0 aliphatic heterocycles. The maximum absolute atomic E-state index is 11.8. The summed E-state index contributed by atoms with van der Waals surface area (Å²) in [5.41, 5.74) is 0.175. The first kappa shape index (κ1) is 11.6. The number of aliphatic carboxylic acids is 1. The van der Waals surface area contributed by atoms with E-state index in [4.69, 9.17) is 16.7 Å². The number of hydrogen-bond donors (Lipinski definition) is 1. The highest BCUT2D eigenvalue weighted by Crippen LogP contribution is 2.23. The quantitative estimate of drug-likeness (QED) is 0.814. The smallest absolute Gasteiger partial charge is 0.387 e. The van der Waals surface area contributed by atoms with E-state index in [1.165, 1.54) is 6.07 Å². The standard InChI is InChI=1S/C8H6ClF2NO3/c9-7-5(15-8(10)11)2-1-4(12-7)3-6(13)14/h1-2,8H,3H2,(H,13,14). The summed E-state index contributed by atoms with van der Waals surface area (Å²) >= 11 is 5.49. The van der Waals surface area contributed by atoms with Crippen molar-refractivity contribution < 1.29 is 23.4 Å². The normalized spacial score (nSPS) is 10.4. The Morgan fingerprint density at radius 3 is 2.73 bits per heavy atom. The molecule has 1 N–H and O–H groups in total. The molecule has 0 amide bonds.